The number of benzene rings is 2. The summed E-state index contributed by atoms with van der Waals surface area (Å²) in [6.45, 7) is 0.357. The molecule has 0 fully saturated rings. The number of hydrogen-bond donors (Lipinski definition) is 2. The molecule has 0 unspecified atom stereocenters. The van der Waals surface area contributed by atoms with Gasteiger partial charge in [-0.1, -0.05) is 29.5 Å². The summed E-state index contributed by atoms with van der Waals surface area (Å²) >= 11 is 0. The van der Waals surface area contributed by atoms with Gasteiger partial charge in [0.05, 0.1) is 17.6 Å². The van der Waals surface area contributed by atoms with Gasteiger partial charge in [0.1, 0.15) is 5.75 Å². The first-order chi connectivity index (χ1) is 8.79. The molecule has 1 aromatic heterocycles. The zero-order valence-electron chi connectivity index (χ0n) is 9.61. The molecule has 3 aromatic rings. The maximum Gasteiger partial charge on any atom is 0.123 e. The predicted octanol–water partition coefficient (Wildman–Crippen LogP) is 1.58. The lowest BCUT2D eigenvalue weighted by Crippen LogP contribution is -1.96. The Kier molecular flexibility index (Phi) is 2.46. The highest BCUT2D eigenvalue weighted by Crippen LogP contribution is 2.28. The molecular weight excluding hydrogens is 228 g/mol. The molecule has 0 radical (unpaired) electrons. The molecule has 0 saturated heterocycles. The van der Waals surface area contributed by atoms with E-state index in [1.807, 2.05) is 30.3 Å². The lowest BCUT2D eigenvalue weighted by Gasteiger charge is -2.06. The largest absolute Gasteiger partial charge is 0.507 e. The topological polar surface area (TPSA) is 77.0 Å². The average molecular weight is 240 g/mol. The maximum atomic E-state index is 9.83. The second kappa shape index (κ2) is 4.12. The second-order valence-electron chi connectivity index (χ2n) is 4.01. The fourth-order valence-electron chi connectivity index (χ4n) is 1.99. The van der Waals surface area contributed by atoms with Crippen LogP contribution in [-0.2, 0) is 6.54 Å². The zero-order chi connectivity index (χ0) is 12.5. The fourth-order valence-corrected chi connectivity index (χ4v) is 1.99. The Morgan fingerprint density at radius 3 is 2.67 bits per heavy atom. The SMILES string of the molecule is NCc1cn(-c2cccc3c(O)cccc23)nn1. The third-order valence-corrected chi connectivity index (χ3v) is 2.87. The van der Waals surface area contributed by atoms with Crippen molar-refractivity contribution >= 4 is 10.8 Å². The number of hydrogen-bond acceptors (Lipinski definition) is 4. The van der Waals surface area contributed by atoms with E-state index in [9.17, 15) is 5.11 Å². The summed E-state index contributed by atoms with van der Waals surface area (Å²) in [4.78, 5) is 0. The Morgan fingerprint density at radius 2 is 1.89 bits per heavy atom. The van der Waals surface area contributed by atoms with E-state index in [-0.39, 0.29) is 5.75 Å². The van der Waals surface area contributed by atoms with E-state index in [2.05, 4.69) is 10.3 Å². The molecular formula is C13H12N4O. The third-order valence-electron chi connectivity index (χ3n) is 2.87. The molecule has 5 nitrogen and oxygen atoms in total. The molecule has 0 atom stereocenters. The molecule has 0 saturated carbocycles. The Balaban J connectivity index is 2.26. The van der Waals surface area contributed by atoms with Crippen molar-refractivity contribution in [1.82, 2.24) is 15.0 Å². The first kappa shape index (κ1) is 10.7. The fraction of sp³-hybridized carbons (Fsp3) is 0.0769. The molecule has 0 amide bonds. The van der Waals surface area contributed by atoms with Crippen LogP contribution in [0.2, 0.25) is 0 Å². The maximum absolute atomic E-state index is 9.83. The van der Waals surface area contributed by atoms with Gasteiger partial charge in [0.2, 0.25) is 0 Å². The summed E-state index contributed by atoms with van der Waals surface area (Å²) in [5, 5.41) is 19.6. The molecule has 18 heavy (non-hydrogen) atoms. The minimum absolute atomic E-state index is 0.258. The number of fused-ring (bicyclic) bond motifs is 1. The molecule has 90 valence electrons. The summed E-state index contributed by atoms with van der Waals surface area (Å²) in [7, 11) is 0. The summed E-state index contributed by atoms with van der Waals surface area (Å²) in [5.74, 6) is 0.258. The molecule has 0 aliphatic heterocycles. The smallest absolute Gasteiger partial charge is 0.123 e. The van der Waals surface area contributed by atoms with E-state index in [1.54, 1.807) is 16.9 Å². The van der Waals surface area contributed by atoms with Crippen molar-refractivity contribution in [3.63, 3.8) is 0 Å². The Morgan fingerprint density at radius 1 is 1.11 bits per heavy atom. The van der Waals surface area contributed by atoms with Gasteiger partial charge in [0.15, 0.2) is 0 Å². The van der Waals surface area contributed by atoms with Crippen molar-refractivity contribution in [2.24, 2.45) is 5.73 Å². The third kappa shape index (κ3) is 1.61. The van der Waals surface area contributed by atoms with Crippen LogP contribution in [0, 0.1) is 0 Å². The first-order valence-corrected chi connectivity index (χ1v) is 5.62. The molecule has 0 aliphatic rings. The average Bonchev–Trinajstić information content (AvgIpc) is 2.87. The Bertz CT molecular complexity index is 705. The van der Waals surface area contributed by atoms with Crippen LogP contribution in [-0.4, -0.2) is 20.1 Å². The van der Waals surface area contributed by atoms with Gasteiger partial charge >= 0.3 is 0 Å². The van der Waals surface area contributed by atoms with Crippen molar-refractivity contribution < 1.29 is 5.11 Å². The van der Waals surface area contributed by atoms with Gasteiger partial charge in [-0.2, -0.15) is 0 Å². The highest BCUT2D eigenvalue weighted by molar-refractivity contribution is 5.94. The van der Waals surface area contributed by atoms with E-state index in [0.29, 0.717) is 6.54 Å². The van der Waals surface area contributed by atoms with E-state index in [0.717, 1.165) is 22.2 Å². The van der Waals surface area contributed by atoms with Gasteiger partial charge < -0.3 is 10.8 Å². The van der Waals surface area contributed by atoms with Crippen molar-refractivity contribution in [2.75, 3.05) is 0 Å². The quantitative estimate of drug-likeness (QED) is 0.713. The van der Waals surface area contributed by atoms with Gasteiger partial charge in [0.25, 0.3) is 0 Å². The summed E-state index contributed by atoms with van der Waals surface area (Å²) in [5.41, 5.74) is 7.12. The minimum atomic E-state index is 0.258. The van der Waals surface area contributed by atoms with Gasteiger partial charge in [-0.15, -0.1) is 5.10 Å². The van der Waals surface area contributed by atoms with Crippen LogP contribution >= 0.6 is 0 Å². The van der Waals surface area contributed by atoms with Crippen LogP contribution in [0.15, 0.2) is 42.6 Å². The monoisotopic (exact) mass is 240 g/mol. The second-order valence-corrected chi connectivity index (χ2v) is 4.01. The highest BCUT2D eigenvalue weighted by atomic mass is 16.3. The standard InChI is InChI=1S/C13H12N4O/c14-7-9-8-17(16-15-9)12-5-1-4-11-10(12)3-2-6-13(11)18/h1-6,8,18H,7,14H2. The van der Waals surface area contributed by atoms with Gasteiger partial charge in [0, 0.05) is 17.3 Å². The summed E-state index contributed by atoms with van der Waals surface area (Å²) < 4.78 is 1.67. The zero-order valence-corrected chi connectivity index (χ0v) is 9.61. The summed E-state index contributed by atoms with van der Waals surface area (Å²) in [6.07, 6.45) is 1.79. The molecule has 3 rings (SSSR count). The van der Waals surface area contributed by atoms with Gasteiger partial charge in [-0.25, -0.2) is 4.68 Å². The van der Waals surface area contributed by atoms with Crippen molar-refractivity contribution in [1.29, 1.82) is 0 Å². The number of aromatic hydroxyl groups is 1. The molecule has 2 aromatic carbocycles. The number of nitrogens with zero attached hydrogens (tertiary/aromatic N) is 3. The Labute approximate surface area is 103 Å². The number of rotatable bonds is 2. The highest BCUT2D eigenvalue weighted by Gasteiger charge is 2.07. The Hall–Kier alpha value is -2.40. The molecule has 0 aliphatic carbocycles. The van der Waals surface area contributed by atoms with Crippen LogP contribution in [0.25, 0.3) is 16.5 Å². The molecule has 1 heterocycles. The first-order valence-electron chi connectivity index (χ1n) is 5.62. The van der Waals surface area contributed by atoms with Crippen LogP contribution in [0.4, 0.5) is 0 Å². The number of aromatic nitrogens is 3. The van der Waals surface area contributed by atoms with E-state index in [4.69, 9.17) is 5.73 Å². The van der Waals surface area contributed by atoms with Gasteiger partial charge in [-0.3, -0.25) is 0 Å². The van der Waals surface area contributed by atoms with Crippen molar-refractivity contribution in [2.45, 2.75) is 6.54 Å². The van der Waals surface area contributed by atoms with Crippen molar-refractivity contribution in [3.8, 4) is 11.4 Å². The summed E-state index contributed by atoms with van der Waals surface area (Å²) in [6, 6.07) is 11.1. The molecule has 0 bridgehead atoms. The van der Waals surface area contributed by atoms with Crippen LogP contribution in [0.3, 0.4) is 0 Å². The van der Waals surface area contributed by atoms with E-state index < -0.39 is 0 Å². The lowest BCUT2D eigenvalue weighted by molar-refractivity contribution is 0.481. The van der Waals surface area contributed by atoms with Crippen molar-refractivity contribution in [3.05, 3.63) is 48.3 Å². The normalized spacial score (nSPS) is 10.9. The molecule has 3 N–H and O–H groups in total. The van der Waals surface area contributed by atoms with Crippen LogP contribution < -0.4 is 5.73 Å². The van der Waals surface area contributed by atoms with Crippen LogP contribution in [0.5, 0.6) is 5.75 Å². The number of phenolic OH excluding ortho intramolecular Hbond substituents is 1. The van der Waals surface area contributed by atoms with Crippen LogP contribution in [0.1, 0.15) is 5.69 Å². The molecule has 5 heteroatoms. The number of nitrogens with two attached hydrogens (primary N) is 1. The van der Waals surface area contributed by atoms with E-state index >= 15 is 0 Å². The lowest BCUT2D eigenvalue weighted by atomic mass is 10.1. The van der Waals surface area contributed by atoms with E-state index in [1.165, 1.54) is 0 Å². The number of phenols is 1. The van der Waals surface area contributed by atoms with Gasteiger partial charge in [-0.05, 0) is 12.1 Å². The molecule has 0 spiro atoms. The predicted molar refractivity (Wildman–Crippen MR) is 68.4 cm³/mol. The minimum Gasteiger partial charge on any atom is -0.507 e.